The summed E-state index contributed by atoms with van der Waals surface area (Å²) in [4.78, 5) is 0. The van der Waals surface area contributed by atoms with Gasteiger partial charge in [-0.1, -0.05) is 61.9 Å². The van der Waals surface area contributed by atoms with Gasteiger partial charge in [0, 0.05) is 17.3 Å². The Kier molecular flexibility index (Phi) is 4.59. The number of anilines is 1. The van der Waals surface area contributed by atoms with Crippen LogP contribution in [0.5, 0.6) is 0 Å². The maximum atomic E-state index is 3.79. The molecule has 0 saturated heterocycles. The average molecular weight is 279 g/mol. The zero-order chi connectivity index (χ0) is 14.5. The summed E-state index contributed by atoms with van der Waals surface area (Å²) in [5, 5.41) is 3.79. The Labute approximate surface area is 128 Å². The highest BCUT2D eigenvalue weighted by molar-refractivity contribution is 5.77. The van der Waals surface area contributed by atoms with Crippen LogP contribution in [0.2, 0.25) is 0 Å². The lowest BCUT2D eigenvalue weighted by molar-refractivity contribution is 0.330. The summed E-state index contributed by atoms with van der Waals surface area (Å²) < 4.78 is 0. The molecule has 1 heteroatoms. The predicted molar refractivity (Wildman–Crippen MR) is 91.5 cm³/mol. The molecule has 0 heterocycles. The van der Waals surface area contributed by atoms with Gasteiger partial charge in [-0.2, -0.15) is 0 Å². The highest BCUT2D eigenvalue weighted by Gasteiger charge is 2.20. The van der Waals surface area contributed by atoms with Gasteiger partial charge in [0.2, 0.25) is 0 Å². The van der Waals surface area contributed by atoms with Gasteiger partial charge in [-0.15, -0.1) is 0 Å². The van der Waals surface area contributed by atoms with Crippen LogP contribution in [0.4, 0.5) is 5.69 Å². The van der Waals surface area contributed by atoms with Crippen molar-refractivity contribution < 1.29 is 0 Å². The van der Waals surface area contributed by atoms with Crippen LogP contribution < -0.4 is 5.32 Å². The molecule has 21 heavy (non-hydrogen) atoms. The van der Waals surface area contributed by atoms with E-state index in [4.69, 9.17) is 0 Å². The predicted octanol–water partition coefficient (Wildman–Crippen LogP) is 5.73. The van der Waals surface area contributed by atoms with Crippen LogP contribution in [0.25, 0.3) is 11.1 Å². The monoisotopic (exact) mass is 279 g/mol. The minimum atomic E-state index is 0.637. The molecule has 1 aliphatic rings. The topological polar surface area (TPSA) is 12.0 Å². The van der Waals surface area contributed by atoms with Gasteiger partial charge in [0.15, 0.2) is 0 Å². The van der Waals surface area contributed by atoms with Gasteiger partial charge in [0.1, 0.15) is 0 Å². The summed E-state index contributed by atoms with van der Waals surface area (Å²) in [5.74, 6) is 0.951. The molecular weight excluding hydrogens is 254 g/mol. The molecule has 1 N–H and O–H groups in total. The second-order valence-electron chi connectivity index (χ2n) is 6.18. The van der Waals surface area contributed by atoms with Crippen molar-refractivity contribution in [2.75, 3.05) is 5.32 Å². The fourth-order valence-electron chi connectivity index (χ4n) is 3.41. The Morgan fingerprint density at radius 3 is 2.24 bits per heavy atom. The molecule has 1 nitrogen and oxygen atoms in total. The van der Waals surface area contributed by atoms with Gasteiger partial charge in [-0.25, -0.2) is 0 Å². The van der Waals surface area contributed by atoms with Crippen LogP contribution in [0.15, 0.2) is 54.6 Å². The highest BCUT2D eigenvalue weighted by atomic mass is 14.9. The number of rotatable bonds is 4. The van der Waals surface area contributed by atoms with Crippen LogP contribution in [-0.2, 0) is 0 Å². The highest BCUT2D eigenvalue weighted by Crippen LogP contribution is 2.32. The largest absolute Gasteiger partial charge is 0.382 e. The molecule has 0 aliphatic heterocycles. The molecule has 2 aromatic carbocycles. The van der Waals surface area contributed by atoms with Crippen molar-refractivity contribution in [2.45, 2.75) is 45.1 Å². The maximum absolute atomic E-state index is 3.79. The fourth-order valence-corrected chi connectivity index (χ4v) is 3.41. The molecule has 1 fully saturated rings. The van der Waals surface area contributed by atoms with Crippen molar-refractivity contribution in [3.8, 4) is 11.1 Å². The van der Waals surface area contributed by atoms with Gasteiger partial charge in [0.25, 0.3) is 0 Å². The summed E-state index contributed by atoms with van der Waals surface area (Å²) in [6, 6.07) is 20.0. The Morgan fingerprint density at radius 2 is 1.52 bits per heavy atom. The van der Waals surface area contributed by atoms with Crippen molar-refractivity contribution >= 4 is 5.69 Å². The van der Waals surface area contributed by atoms with Crippen molar-refractivity contribution in [3.63, 3.8) is 0 Å². The third-order valence-electron chi connectivity index (χ3n) is 4.80. The molecule has 0 spiro atoms. The van der Waals surface area contributed by atoms with Crippen molar-refractivity contribution in [3.05, 3.63) is 54.6 Å². The minimum Gasteiger partial charge on any atom is -0.382 e. The molecule has 0 radical (unpaired) electrons. The van der Waals surface area contributed by atoms with E-state index in [0.717, 1.165) is 5.92 Å². The molecule has 0 atom stereocenters. The van der Waals surface area contributed by atoms with E-state index < -0.39 is 0 Å². The Bertz CT molecular complexity index is 553. The van der Waals surface area contributed by atoms with Crippen LogP contribution in [0, 0.1) is 5.92 Å². The summed E-state index contributed by atoms with van der Waals surface area (Å²) in [6.45, 7) is 2.32. The SMILES string of the molecule is CCC1CCC(Nc2ccccc2-c2ccccc2)CC1. The van der Waals surface area contributed by atoms with Crippen LogP contribution in [0.1, 0.15) is 39.0 Å². The lowest BCUT2D eigenvalue weighted by Gasteiger charge is -2.29. The number of benzene rings is 2. The van der Waals surface area contributed by atoms with E-state index in [9.17, 15) is 0 Å². The molecule has 1 saturated carbocycles. The number of para-hydroxylation sites is 1. The van der Waals surface area contributed by atoms with Gasteiger partial charge in [-0.3, -0.25) is 0 Å². The third-order valence-corrected chi connectivity index (χ3v) is 4.80. The van der Waals surface area contributed by atoms with Crippen molar-refractivity contribution in [2.24, 2.45) is 5.92 Å². The van der Waals surface area contributed by atoms with E-state index in [1.54, 1.807) is 0 Å². The van der Waals surface area contributed by atoms with E-state index in [1.807, 2.05) is 0 Å². The zero-order valence-corrected chi connectivity index (χ0v) is 12.9. The van der Waals surface area contributed by atoms with Gasteiger partial charge in [-0.05, 0) is 43.2 Å². The molecule has 1 aliphatic carbocycles. The third kappa shape index (κ3) is 3.47. The smallest absolute Gasteiger partial charge is 0.0422 e. The minimum absolute atomic E-state index is 0.637. The zero-order valence-electron chi connectivity index (χ0n) is 12.9. The number of nitrogens with one attached hydrogen (secondary N) is 1. The first kappa shape index (κ1) is 14.2. The first-order valence-corrected chi connectivity index (χ1v) is 8.28. The maximum Gasteiger partial charge on any atom is 0.0422 e. The van der Waals surface area contributed by atoms with E-state index in [0.29, 0.717) is 6.04 Å². The quantitative estimate of drug-likeness (QED) is 0.753. The van der Waals surface area contributed by atoms with Crippen LogP contribution in [-0.4, -0.2) is 6.04 Å². The molecule has 0 unspecified atom stereocenters. The molecule has 0 aromatic heterocycles. The normalized spacial score (nSPS) is 22.0. The van der Waals surface area contributed by atoms with E-state index in [1.165, 1.54) is 48.9 Å². The number of hydrogen-bond donors (Lipinski definition) is 1. The molecule has 2 aromatic rings. The van der Waals surface area contributed by atoms with Gasteiger partial charge < -0.3 is 5.32 Å². The first-order chi connectivity index (χ1) is 10.4. The van der Waals surface area contributed by atoms with E-state index in [-0.39, 0.29) is 0 Å². The number of hydrogen-bond acceptors (Lipinski definition) is 1. The summed E-state index contributed by atoms with van der Waals surface area (Å²) >= 11 is 0. The second kappa shape index (κ2) is 6.80. The second-order valence-corrected chi connectivity index (χ2v) is 6.18. The van der Waals surface area contributed by atoms with Gasteiger partial charge in [0.05, 0.1) is 0 Å². The summed E-state index contributed by atoms with van der Waals surface area (Å²) in [6.07, 6.45) is 6.71. The molecule has 3 rings (SSSR count). The van der Waals surface area contributed by atoms with Crippen LogP contribution >= 0.6 is 0 Å². The molecule has 110 valence electrons. The van der Waals surface area contributed by atoms with Crippen molar-refractivity contribution in [1.82, 2.24) is 0 Å². The molecular formula is C20H25N. The first-order valence-electron chi connectivity index (χ1n) is 8.28. The summed E-state index contributed by atoms with van der Waals surface area (Å²) in [7, 11) is 0. The lowest BCUT2D eigenvalue weighted by atomic mass is 9.84. The van der Waals surface area contributed by atoms with E-state index >= 15 is 0 Å². The molecule has 0 bridgehead atoms. The summed E-state index contributed by atoms with van der Waals surface area (Å²) in [5.41, 5.74) is 3.89. The molecule has 0 amide bonds. The van der Waals surface area contributed by atoms with E-state index in [2.05, 4.69) is 66.8 Å². The Morgan fingerprint density at radius 1 is 0.857 bits per heavy atom. The van der Waals surface area contributed by atoms with Gasteiger partial charge >= 0.3 is 0 Å². The lowest BCUT2D eigenvalue weighted by Crippen LogP contribution is -2.26. The Balaban J connectivity index is 1.75. The van der Waals surface area contributed by atoms with Crippen LogP contribution in [0.3, 0.4) is 0 Å². The van der Waals surface area contributed by atoms with Crippen molar-refractivity contribution in [1.29, 1.82) is 0 Å². The average Bonchev–Trinajstić information content (AvgIpc) is 2.57. The standard InChI is InChI=1S/C20H25N/c1-2-16-12-14-18(15-13-16)21-20-11-7-6-10-19(20)17-8-4-3-5-9-17/h3-11,16,18,21H,2,12-15H2,1H3. The Hall–Kier alpha value is -1.76. The fraction of sp³-hybridized carbons (Fsp3) is 0.400.